The Bertz CT molecular complexity index is 628. The highest BCUT2D eigenvalue weighted by molar-refractivity contribution is 5.72. The van der Waals surface area contributed by atoms with Crippen molar-refractivity contribution >= 4 is 5.69 Å². The molecule has 0 bridgehead atoms. The number of anilines is 1. The summed E-state index contributed by atoms with van der Waals surface area (Å²) in [7, 11) is 0. The highest BCUT2D eigenvalue weighted by Gasteiger charge is 2.32. The van der Waals surface area contributed by atoms with Crippen LogP contribution in [-0.4, -0.2) is 19.5 Å². The first-order chi connectivity index (χ1) is 10.4. The van der Waals surface area contributed by atoms with Crippen LogP contribution in [0.2, 0.25) is 0 Å². The van der Waals surface area contributed by atoms with Crippen LogP contribution in [0, 0.1) is 0 Å². The highest BCUT2D eigenvalue weighted by Crippen LogP contribution is 2.36. The molecular weight excluding hydrogens is 297 g/mol. The van der Waals surface area contributed by atoms with Gasteiger partial charge in [-0.2, -0.15) is 0 Å². The maximum absolute atomic E-state index is 12.6. The SMILES string of the molecule is NCCOc1ccc(-c2ccc(N)cc2)c(OC(F)(F)F)c1. The molecule has 2 rings (SSSR count). The van der Waals surface area contributed by atoms with Gasteiger partial charge in [-0.3, -0.25) is 0 Å². The summed E-state index contributed by atoms with van der Waals surface area (Å²) in [6.07, 6.45) is -4.80. The van der Waals surface area contributed by atoms with Crippen molar-refractivity contribution in [1.29, 1.82) is 0 Å². The number of halogens is 3. The number of ether oxygens (including phenoxy) is 2. The molecule has 118 valence electrons. The average molecular weight is 312 g/mol. The van der Waals surface area contributed by atoms with Gasteiger partial charge in [-0.15, -0.1) is 13.2 Å². The Labute approximate surface area is 125 Å². The van der Waals surface area contributed by atoms with Crippen molar-refractivity contribution in [1.82, 2.24) is 0 Å². The van der Waals surface area contributed by atoms with E-state index in [0.717, 1.165) is 0 Å². The summed E-state index contributed by atoms with van der Waals surface area (Å²) in [5, 5.41) is 0. The molecule has 22 heavy (non-hydrogen) atoms. The Balaban J connectivity index is 2.40. The molecule has 0 radical (unpaired) electrons. The van der Waals surface area contributed by atoms with Crippen molar-refractivity contribution in [3.05, 3.63) is 42.5 Å². The third kappa shape index (κ3) is 4.29. The summed E-state index contributed by atoms with van der Waals surface area (Å²) < 4.78 is 47.1. The quantitative estimate of drug-likeness (QED) is 0.832. The van der Waals surface area contributed by atoms with E-state index in [1.54, 1.807) is 30.3 Å². The molecule has 0 amide bonds. The summed E-state index contributed by atoms with van der Waals surface area (Å²) >= 11 is 0. The number of hydrogen-bond donors (Lipinski definition) is 2. The largest absolute Gasteiger partial charge is 0.573 e. The molecule has 0 aliphatic heterocycles. The molecule has 2 aromatic carbocycles. The molecule has 4 nitrogen and oxygen atoms in total. The molecule has 0 aliphatic carbocycles. The minimum absolute atomic E-state index is 0.201. The molecule has 0 saturated carbocycles. The average Bonchev–Trinajstić information content (AvgIpc) is 2.45. The van der Waals surface area contributed by atoms with E-state index >= 15 is 0 Å². The number of rotatable bonds is 5. The van der Waals surface area contributed by atoms with Gasteiger partial charge in [-0.25, -0.2) is 0 Å². The smallest absolute Gasteiger partial charge is 0.492 e. The Hall–Kier alpha value is -2.41. The zero-order chi connectivity index (χ0) is 16.2. The molecule has 0 spiro atoms. The van der Waals surface area contributed by atoms with E-state index in [0.29, 0.717) is 11.3 Å². The van der Waals surface area contributed by atoms with Crippen LogP contribution < -0.4 is 20.9 Å². The van der Waals surface area contributed by atoms with E-state index in [2.05, 4.69) is 4.74 Å². The Morgan fingerprint density at radius 3 is 2.27 bits per heavy atom. The van der Waals surface area contributed by atoms with Gasteiger partial charge in [0.15, 0.2) is 0 Å². The lowest BCUT2D eigenvalue weighted by Gasteiger charge is -2.15. The van der Waals surface area contributed by atoms with E-state index in [1.165, 1.54) is 12.1 Å². The monoisotopic (exact) mass is 312 g/mol. The molecule has 0 aromatic heterocycles. The van der Waals surface area contributed by atoms with Crippen LogP contribution >= 0.6 is 0 Å². The van der Waals surface area contributed by atoms with E-state index in [1.807, 2.05) is 0 Å². The fraction of sp³-hybridized carbons (Fsp3) is 0.200. The summed E-state index contributed by atoms with van der Waals surface area (Å²) in [6, 6.07) is 10.7. The van der Waals surface area contributed by atoms with Crippen LogP contribution in [0.3, 0.4) is 0 Å². The minimum Gasteiger partial charge on any atom is -0.492 e. The van der Waals surface area contributed by atoms with E-state index < -0.39 is 6.36 Å². The topological polar surface area (TPSA) is 70.5 Å². The van der Waals surface area contributed by atoms with Gasteiger partial charge in [0.05, 0.1) is 0 Å². The summed E-state index contributed by atoms with van der Waals surface area (Å²) in [6.45, 7) is 0.460. The third-order valence-electron chi connectivity index (χ3n) is 2.79. The lowest BCUT2D eigenvalue weighted by Crippen LogP contribution is -2.18. The van der Waals surface area contributed by atoms with E-state index in [9.17, 15) is 13.2 Å². The summed E-state index contributed by atoms with van der Waals surface area (Å²) in [5.41, 5.74) is 12.2. The predicted octanol–water partition coefficient (Wildman–Crippen LogP) is 3.17. The fourth-order valence-corrected chi connectivity index (χ4v) is 1.88. The Morgan fingerprint density at radius 2 is 1.68 bits per heavy atom. The molecule has 0 atom stereocenters. The number of nitrogens with two attached hydrogens (primary N) is 2. The van der Waals surface area contributed by atoms with Crippen LogP contribution in [0.4, 0.5) is 18.9 Å². The van der Waals surface area contributed by atoms with Crippen molar-refractivity contribution < 1.29 is 22.6 Å². The van der Waals surface area contributed by atoms with Gasteiger partial charge < -0.3 is 20.9 Å². The van der Waals surface area contributed by atoms with Gasteiger partial charge >= 0.3 is 6.36 Å². The zero-order valence-corrected chi connectivity index (χ0v) is 11.6. The first-order valence-corrected chi connectivity index (χ1v) is 6.47. The second-order valence-electron chi connectivity index (χ2n) is 4.46. The Kier molecular flexibility index (Phi) is 4.77. The van der Waals surface area contributed by atoms with Gasteiger partial charge in [0.25, 0.3) is 0 Å². The van der Waals surface area contributed by atoms with Crippen LogP contribution in [0.1, 0.15) is 0 Å². The second-order valence-corrected chi connectivity index (χ2v) is 4.46. The van der Waals surface area contributed by atoms with Gasteiger partial charge in [0.1, 0.15) is 18.1 Å². The zero-order valence-electron chi connectivity index (χ0n) is 11.6. The van der Waals surface area contributed by atoms with E-state index in [4.69, 9.17) is 16.2 Å². The fourth-order valence-electron chi connectivity index (χ4n) is 1.88. The van der Waals surface area contributed by atoms with Crippen molar-refractivity contribution in [3.8, 4) is 22.6 Å². The summed E-state index contributed by atoms with van der Waals surface area (Å²) in [4.78, 5) is 0. The molecular formula is C15H15F3N2O2. The molecule has 0 unspecified atom stereocenters. The van der Waals surface area contributed by atoms with Crippen molar-refractivity contribution in [3.63, 3.8) is 0 Å². The molecule has 2 aromatic rings. The van der Waals surface area contributed by atoms with Crippen LogP contribution in [0.25, 0.3) is 11.1 Å². The van der Waals surface area contributed by atoms with Gasteiger partial charge in [-0.05, 0) is 29.8 Å². The molecule has 0 saturated heterocycles. The predicted molar refractivity (Wildman–Crippen MR) is 77.5 cm³/mol. The van der Waals surface area contributed by atoms with Gasteiger partial charge in [0, 0.05) is 23.9 Å². The minimum atomic E-state index is -4.80. The highest BCUT2D eigenvalue weighted by atomic mass is 19.4. The van der Waals surface area contributed by atoms with Crippen LogP contribution in [-0.2, 0) is 0 Å². The molecule has 7 heteroatoms. The van der Waals surface area contributed by atoms with Crippen LogP contribution in [0.5, 0.6) is 11.5 Å². The molecule has 0 aliphatic rings. The van der Waals surface area contributed by atoms with Gasteiger partial charge in [-0.1, -0.05) is 12.1 Å². The summed E-state index contributed by atoms with van der Waals surface area (Å²) in [5.74, 6) is -0.0873. The van der Waals surface area contributed by atoms with Gasteiger partial charge in [0.2, 0.25) is 0 Å². The molecule has 0 heterocycles. The number of benzene rings is 2. The van der Waals surface area contributed by atoms with Crippen molar-refractivity contribution in [2.75, 3.05) is 18.9 Å². The van der Waals surface area contributed by atoms with E-state index in [-0.39, 0.29) is 30.2 Å². The molecule has 4 N–H and O–H groups in total. The number of nitrogen functional groups attached to an aromatic ring is 1. The Morgan fingerprint density at radius 1 is 1.00 bits per heavy atom. The third-order valence-corrected chi connectivity index (χ3v) is 2.79. The maximum atomic E-state index is 12.6. The van der Waals surface area contributed by atoms with Crippen molar-refractivity contribution in [2.24, 2.45) is 5.73 Å². The van der Waals surface area contributed by atoms with Crippen LogP contribution in [0.15, 0.2) is 42.5 Å². The second kappa shape index (κ2) is 6.57. The normalized spacial score (nSPS) is 11.3. The maximum Gasteiger partial charge on any atom is 0.573 e. The first kappa shape index (κ1) is 16.0. The number of alkyl halides is 3. The lowest BCUT2D eigenvalue weighted by atomic mass is 10.0. The number of hydrogen-bond acceptors (Lipinski definition) is 4. The van der Waals surface area contributed by atoms with Crippen molar-refractivity contribution in [2.45, 2.75) is 6.36 Å². The molecule has 0 fully saturated rings. The standard InChI is InChI=1S/C15H15F3N2O2/c16-15(17,18)22-14-9-12(21-8-7-19)5-6-13(14)10-1-3-11(20)4-2-10/h1-6,9H,7-8,19-20H2. The first-order valence-electron chi connectivity index (χ1n) is 6.47. The lowest BCUT2D eigenvalue weighted by molar-refractivity contribution is -0.274.